The monoisotopic (exact) mass is 441 g/mol. The normalized spacial score (nSPS) is 10.9. The highest BCUT2D eigenvalue weighted by atomic mass is 16.5. The van der Waals surface area contributed by atoms with E-state index in [0.29, 0.717) is 46.5 Å². The van der Waals surface area contributed by atoms with Crippen LogP contribution in [0.15, 0.2) is 30.3 Å². The third-order valence-electron chi connectivity index (χ3n) is 4.91. The maximum absolute atomic E-state index is 9.75. The lowest BCUT2D eigenvalue weighted by Gasteiger charge is -2.15. The van der Waals surface area contributed by atoms with Gasteiger partial charge in [-0.05, 0) is 66.8 Å². The fourth-order valence-electron chi connectivity index (χ4n) is 3.22. The van der Waals surface area contributed by atoms with Gasteiger partial charge in [-0.2, -0.15) is 5.26 Å². The molecule has 0 aliphatic heterocycles. The molecule has 0 bridgehead atoms. The third-order valence-corrected chi connectivity index (χ3v) is 4.91. The number of aliphatic hydroxyl groups is 1. The van der Waals surface area contributed by atoms with Crippen LogP contribution < -0.4 is 23.7 Å². The average Bonchev–Trinajstić information content (AvgIpc) is 2.84. The van der Waals surface area contributed by atoms with Crippen molar-refractivity contribution in [2.24, 2.45) is 0 Å². The first-order chi connectivity index (χ1) is 15.6. The van der Waals surface area contributed by atoms with Gasteiger partial charge in [0.25, 0.3) is 0 Å². The van der Waals surface area contributed by atoms with Gasteiger partial charge in [0.2, 0.25) is 5.75 Å². The van der Waals surface area contributed by atoms with Crippen LogP contribution in [0.2, 0.25) is 0 Å². The fraction of sp³-hybridized carbons (Fsp3) is 0.400. The lowest BCUT2D eigenvalue weighted by molar-refractivity contribution is 0.259. The van der Waals surface area contributed by atoms with E-state index in [1.165, 1.54) is 0 Å². The molecule has 2 aromatic rings. The fourth-order valence-corrected chi connectivity index (χ4v) is 3.22. The lowest BCUT2D eigenvalue weighted by atomic mass is 10.0. The molecule has 0 radical (unpaired) electrons. The number of hydrogen-bond acceptors (Lipinski definition) is 7. The second-order valence-electron chi connectivity index (χ2n) is 6.98. The molecule has 0 aliphatic carbocycles. The minimum Gasteiger partial charge on any atom is -0.493 e. The van der Waals surface area contributed by atoms with Gasteiger partial charge in [-0.1, -0.05) is 6.42 Å². The van der Waals surface area contributed by atoms with Gasteiger partial charge in [0, 0.05) is 6.61 Å². The molecule has 7 heteroatoms. The SMILES string of the molecule is COc1ccc(/C(C#N)=C/c2cc(OC)c(OCCCCCCO)c(OC)c2)cc1OC. The van der Waals surface area contributed by atoms with Crippen molar-refractivity contribution >= 4 is 11.6 Å². The molecule has 0 atom stereocenters. The Hall–Kier alpha value is -3.37. The van der Waals surface area contributed by atoms with Crippen molar-refractivity contribution in [1.82, 2.24) is 0 Å². The first kappa shape index (κ1) is 24.9. The summed E-state index contributed by atoms with van der Waals surface area (Å²) in [7, 11) is 6.25. The molecule has 32 heavy (non-hydrogen) atoms. The molecular weight excluding hydrogens is 410 g/mol. The van der Waals surface area contributed by atoms with Crippen LogP contribution in [0.5, 0.6) is 28.7 Å². The smallest absolute Gasteiger partial charge is 0.203 e. The van der Waals surface area contributed by atoms with Crippen LogP contribution in [0.3, 0.4) is 0 Å². The van der Waals surface area contributed by atoms with Gasteiger partial charge in [-0.25, -0.2) is 0 Å². The topological polar surface area (TPSA) is 90.2 Å². The molecule has 0 spiro atoms. The highest BCUT2D eigenvalue weighted by Gasteiger charge is 2.15. The number of ether oxygens (including phenoxy) is 5. The van der Waals surface area contributed by atoms with E-state index in [0.717, 1.165) is 31.2 Å². The van der Waals surface area contributed by atoms with Crippen molar-refractivity contribution in [1.29, 1.82) is 5.26 Å². The van der Waals surface area contributed by atoms with E-state index < -0.39 is 0 Å². The van der Waals surface area contributed by atoms with Gasteiger partial charge in [-0.15, -0.1) is 0 Å². The molecule has 1 N–H and O–H groups in total. The number of unbranched alkanes of at least 4 members (excludes halogenated alkanes) is 3. The molecular formula is C25H31NO6. The number of nitrogens with zero attached hydrogens (tertiary/aromatic N) is 1. The van der Waals surface area contributed by atoms with Gasteiger partial charge in [-0.3, -0.25) is 0 Å². The second-order valence-corrected chi connectivity index (χ2v) is 6.98. The van der Waals surface area contributed by atoms with E-state index in [1.807, 2.05) is 12.1 Å². The zero-order valence-corrected chi connectivity index (χ0v) is 19.1. The summed E-state index contributed by atoms with van der Waals surface area (Å²) in [5.74, 6) is 2.71. The van der Waals surface area contributed by atoms with E-state index in [2.05, 4.69) is 6.07 Å². The zero-order valence-electron chi connectivity index (χ0n) is 19.1. The molecule has 7 nitrogen and oxygen atoms in total. The number of rotatable bonds is 13. The summed E-state index contributed by atoms with van der Waals surface area (Å²) < 4.78 is 27.6. The summed E-state index contributed by atoms with van der Waals surface area (Å²) in [5, 5.41) is 18.6. The number of hydrogen-bond donors (Lipinski definition) is 1. The number of nitriles is 1. The number of methoxy groups -OCH3 is 4. The zero-order chi connectivity index (χ0) is 23.3. The maximum Gasteiger partial charge on any atom is 0.203 e. The molecule has 2 aromatic carbocycles. The van der Waals surface area contributed by atoms with Gasteiger partial charge in [0.05, 0.1) is 46.7 Å². The van der Waals surface area contributed by atoms with Crippen molar-refractivity contribution < 1.29 is 28.8 Å². The Morgan fingerprint density at radius 2 is 1.47 bits per heavy atom. The summed E-state index contributed by atoms with van der Waals surface area (Å²) in [4.78, 5) is 0. The van der Waals surface area contributed by atoms with Gasteiger partial charge in [0.15, 0.2) is 23.0 Å². The number of benzene rings is 2. The van der Waals surface area contributed by atoms with E-state index in [9.17, 15) is 5.26 Å². The van der Waals surface area contributed by atoms with Crippen LogP contribution in [-0.4, -0.2) is 46.8 Å². The summed E-state index contributed by atoms with van der Waals surface area (Å²) >= 11 is 0. The number of aliphatic hydroxyl groups excluding tert-OH is 1. The minimum absolute atomic E-state index is 0.214. The Bertz CT molecular complexity index is 923. The van der Waals surface area contributed by atoms with E-state index in [4.69, 9.17) is 28.8 Å². The third kappa shape index (κ3) is 6.56. The second kappa shape index (κ2) is 13.1. The van der Waals surface area contributed by atoms with E-state index >= 15 is 0 Å². The quantitative estimate of drug-likeness (QED) is 0.273. The van der Waals surface area contributed by atoms with Crippen molar-refractivity contribution in [2.45, 2.75) is 25.7 Å². The molecule has 0 amide bonds. The molecule has 0 saturated heterocycles. The molecule has 0 aliphatic rings. The van der Waals surface area contributed by atoms with Crippen molar-refractivity contribution in [2.75, 3.05) is 41.7 Å². The van der Waals surface area contributed by atoms with Crippen LogP contribution in [0, 0.1) is 11.3 Å². The van der Waals surface area contributed by atoms with Gasteiger partial charge >= 0.3 is 0 Å². The predicted octanol–water partition coefficient (Wildman–Crippen LogP) is 4.72. The van der Waals surface area contributed by atoms with Gasteiger partial charge in [0.1, 0.15) is 0 Å². The first-order valence-corrected chi connectivity index (χ1v) is 10.5. The van der Waals surface area contributed by atoms with Crippen LogP contribution >= 0.6 is 0 Å². The lowest BCUT2D eigenvalue weighted by Crippen LogP contribution is -2.02. The van der Waals surface area contributed by atoms with Crippen LogP contribution in [0.1, 0.15) is 36.8 Å². The average molecular weight is 442 g/mol. The maximum atomic E-state index is 9.75. The Labute approximate surface area is 189 Å². The highest BCUT2D eigenvalue weighted by Crippen LogP contribution is 2.40. The van der Waals surface area contributed by atoms with Crippen molar-refractivity contribution in [3.63, 3.8) is 0 Å². The minimum atomic E-state index is 0.214. The van der Waals surface area contributed by atoms with Crippen LogP contribution in [0.25, 0.3) is 11.6 Å². The summed E-state index contributed by atoms with van der Waals surface area (Å²) in [5.41, 5.74) is 1.89. The first-order valence-electron chi connectivity index (χ1n) is 10.5. The molecule has 0 fully saturated rings. The van der Waals surface area contributed by atoms with Crippen LogP contribution in [-0.2, 0) is 0 Å². The Morgan fingerprint density at radius 1 is 0.844 bits per heavy atom. The molecule has 172 valence electrons. The van der Waals surface area contributed by atoms with E-state index in [-0.39, 0.29) is 6.61 Å². The standard InChI is InChI=1S/C25H31NO6/c1-28-21-10-9-19(16-22(21)29-2)20(17-26)13-18-14-23(30-3)25(24(15-18)31-4)32-12-8-6-5-7-11-27/h9-10,13-16,27H,5-8,11-12H2,1-4H3/b20-13+. The summed E-state index contributed by atoms with van der Waals surface area (Å²) in [6, 6.07) is 11.2. The Morgan fingerprint density at radius 3 is 2.03 bits per heavy atom. The summed E-state index contributed by atoms with van der Waals surface area (Å²) in [6.45, 7) is 0.730. The highest BCUT2D eigenvalue weighted by molar-refractivity contribution is 5.90. The number of allylic oxidation sites excluding steroid dienone is 1. The molecule has 0 saturated carbocycles. The van der Waals surface area contributed by atoms with Crippen molar-refractivity contribution in [3.8, 4) is 34.8 Å². The molecule has 0 heterocycles. The Balaban J connectivity index is 2.30. The molecule has 0 unspecified atom stereocenters. The molecule has 2 rings (SSSR count). The Kier molecular flexibility index (Phi) is 10.2. The largest absolute Gasteiger partial charge is 0.493 e. The van der Waals surface area contributed by atoms with Crippen LogP contribution in [0.4, 0.5) is 0 Å². The van der Waals surface area contributed by atoms with Gasteiger partial charge < -0.3 is 28.8 Å². The summed E-state index contributed by atoms with van der Waals surface area (Å²) in [6.07, 6.45) is 5.36. The van der Waals surface area contributed by atoms with E-state index in [1.54, 1.807) is 52.7 Å². The molecule has 0 aromatic heterocycles. The predicted molar refractivity (Wildman–Crippen MR) is 124 cm³/mol. The van der Waals surface area contributed by atoms with Crippen molar-refractivity contribution in [3.05, 3.63) is 41.5 Å².